The molecular weight excluding hydrogens is 384 g/mol. The third kappa shape index (κ3) is 1180. The van der Waals surface area contributed by atoms with E-state index in [2.05, 4.69) is 0 Å². The van der Waals surface area contributed by atoms with E-state index in [1.807, 2.05) is 0 Å². The predicted molar refractivity (Wildman–Crippen MR) is 12.9 cm³/mol. The second-order valence-corrected chi connectivity index (χ2v) is 1.50. The van der Waals surface area contributed by atoms with E-state index in [-0.39, 0.29) is 39.9 Å². The summed E-state index contributed by atoms with van der Waals surface area (Å²) in [6.07, 6.45) is 0. The molecule has 0 saturated heterocycles. The van der Waals surface area contributed by atoms with Crippen LogP contribution in [0.2, 0.25) is 0 Å². The SMILES string of the molecule is O=[Si]([O-])[O-].O=[Si]([O-])[O-].[Th+4]. The van der Waals surface area contributed by atoms with Gasteiger partial charge in [-0.05, 0) is 0 Å². The molecule has 9 heavy (non-hydrogen) atoms. The number of hydrogen-bond acceptors (Lipinski definition) is 6. The fraction of sp³-hybridized carbons (Fsp3) is 0. The van der Waals surface area contributed by atoms with Crippen LogP contribution in [0.4, 0.5) is 0 Å². The quantitative estimate of drug-likeness (QED) is 0.383. The first-order valence-corrected chi connectivity index (χ1v) is 3.67. The molecule has 0 N–H and O–H groups in total. The van der Waals surface area contributed by atoms with Crippen molar-refractivity contribution >= 4 is 18.3 Å². The third-order valence-electron chi connectivity index (χ3n) is 0. The molecule has 48 valence electrons. The van der Waals surface area contributed by atoms with Gasteiger partial charge in [-0.1, -0.05) is 0 Å². The zero-order chi connectivity index (χ0) is 7.15. The van der Waals surface area contributed by atoms with Crippen molar-refractivity contribution in [3.05, 3.63) is 0 Å². The Morgan fingerprint density at radius 2 is 0.778 bits per heavy atom. The summed E-state index contributed by atoms with van der Waals surface area (Å²) in [6.45, 7) is 0. The number of rotatable bonds is 0. The van der Waals surface area contributed by atoms with Gasteiger partial charge in [-0.15, -0.1) is 0 Å². The molecule has 0 aliphatic carbocycles. The molecule has 0 aromatic carbocycles. The molecule has 0 bridgehead atoms. The first-order valence-electron chi connectivity index (χ1n) is 1.22. The molecule has 0 heterocycles. The Labute approximate surface area is 85.6 Å². The van der Waals surface area contributed by atoms with Gasteiger partial charge in [-0.2, -0.15) is 0 Å². The summed E-state index contributed by atoms with van der Waals surface area (Å²) in [5.74, 6) is 0. The summed E-state index contributed by atoms with van der Waals surface area (Å²) >= 11 is 0. The first kappa shape index (κ1) is 16.3. The molecule has 0 rings (SSSR count). The minimum absolute atomic E-state index is 0. The van der Waals surface area contributed by atoms with Crippen LogP contribution in [0.1, 0.15) is 0 Å². The largest absolute Gasteiger partial charge is 4.00 e. The Bertz CT molecular complexity index is 69.1. The van der Waals surface area contributed by atoms with E-state index in [1.54, 1.807) is 0 Å². The van der Waals surface area contributed by atoms with Gasteiger partial charge in [0.15, 0.2) is 0 Å². The molecule has 0 unspecified atom stereocenters. The van der Waals surface area contributed by atoms with Crippen molar-refractivity contribution in [2.45, 2.75) is 0 Å². The molecule has 0 spiro atoms. The van der Waals surface area contributed by atoms with Crippen LogP contribution >= 0.6 is 0 Å². The van der Waals surface area contributed by atoms with E-state index < -0.39 is 18.3 Å². The molecule has 0 atom stereocenters. The van der Waals surface area contributed by atoms with E-state index in [0.717, 1.165) is 0 Å². The van der Waals surface area contributed by atoms with Crippen molar-refractivity contribution in [3.8, 4) is 0 Å². The summed E-state index contributed by atoms with van der Waals surface area (Å²) in [5, 5.41) is 0. The van der Waals surface area contributed by atoms with Crippen LogP contribution in [-0.4, -0.2) is 18.3 Å². The normalized spacial score (nSPS) is 5.33. The molecule has 0 aliphatic heterocycles. The first-order chi connectivity index (χ1) is 3.46. The third-order valence-corrected chi connectivity index (χ3v) is 0. The topological polar surface area (TPSA) is 126 Å². The summed E-state index contributed by atoms with van der Waals surface area (Å²) in [6, 6.07) is 0. The fourth-order valence-electron chi connectivity index (χ4n) is 0. The summed E-state index contributed by atoms with van der Waals surface area (Å²) < 4.78 is 17.0. The van der Waals surface area contributed by atoms with E-state index in [0.29, 0.717) is 0 Å². The smallest absolute Gasteiger partial charge is 0.672 e. The summed E-state index contributed by atoms with van der Waals surface area (Å²) in [7, 11) is -7.26. The number of hydrogen-bond donors (Lipinski definition) is 0. The van der Waals surface area contributed by atoms with E-state index in [9.17, 15) is 0 Å². The van der Waals surface area contributed by atoms with Gasteiger partial charge in [0.05, 0.1) is 0 Å². The van der Waals surface area contributed by atoms with Crippen molar-refractivity contribution in [3.63, 3.8) is 0 Å². The minimum Gasteiger partial charge on any atom is -0.672 e. The van der Waals surface area contributed by atoms with Gasteiger partial charge >= 0.3 is 39.9 Å². The average molecular weight is 384 g/mol. The Morgan fingerprint density at radius 3 is 0.778 bits per heavy atom. The average Bonchev–Trinajstić information content (AvgIpc) is 1.25. The molecule has 0 aliphatic rings. The van der Waals surface area contributed by atoms with Crippen LogP contribution in [0.25, 0.3) is 0 Å². The van der Waals surface area contributed by atoms with Gasteiger partial charge in [0.25, 0.3) is 0 Å². The Hall–Kier alpha value is 0.558. The van der Waals surface area contributed by atoms with Crippen molar-refractivity contribution in [2.24, 2.45) is 0 Å². The van der Waals surface area contributed by atoms with Gasteiger partial charge < -0.3 is 28.1 Å². The van der Waals surface area contributed by atoms with E-state index in [4.69, 9.17) is 28.1 Å². The van der Waals surface area contributed by atoms with Crippen molar-refractivity contribution < 1.29 is 68.0 Å². The Balaban J connectivity index is -0.0000000720. The van der Waals surface area contributed by atoms with Crippen LogP contribution < -0.4 is 19.2 Å². The van der Waals surface area contributed by atoms with Crippen LogP contribution in [0.15, 0.2) is 0 Å². The second-order valence-electron chi connectivity index (χ2n) is 0.500. The monoisotopic (exact) mass is 384 g/mol. The molecule has 0 aromatic rings. The molecule has 0 saturated carbocycles. The van der Waals surface area contributed by atoms with Crippen molar-refractivity contribution in [1.82, 2.24) is 0 Å². The Kier molecular flexibility index (Phi) is 20.6. The van der Waals surface area contributed by atoms with Gasteiger partial charge in [0, 0.05) is 18.3 Å². The standard InChI is InChI=1S/2O3Si.Th/c2*1-4(2)3;/q2*-2;+4. The molecule has 6 nitrogen and oxygen atoms in total. The zero-order valence-corrected chi connectivity index (χ0v) is 10.1. The maximum atomic E-state index is 8.52. The van der Waals surface area contributed by atoms with Crippen LogP contribution in [0.5, 0.6) is 0 Å². The van der Waals surface area contributed by atoms with Crippen LogP contribution in [0.3, 0.4) is 0 Å². The summed E-state index contributed by atoms with van der Waals surface area (Å²) in [5.41, 5.74) is 0. The van der Waals surface area contributed by atoms with Crippen molar-refractivity contribution in [2.75, 3.05) is 0 Å². The van der Waals surface area contributed by atoms with Gasteiger partial charge in [-0.25, -0.2) is 0 Å². The predicted octanol–water partition coefficient (Wildman–Crippen LogP) is -5.76. The molecule has 0 amide bonds. The fourth-order valence-corrected chi connectivity index (χ4v) is 0. The van der Waals surface area contributed by atoms with Crippen molar-refractivity contribution in [1.29, 1.82) is 0 Å². The minimum atomic E-state index is -3.63. The van der Waals surface area contributed by atoms with Gasteiger partial charge in [0.2, 0.25) is 0 Å². The molecule has 9 heteroatoms. The summed E-state index contributed by atoms with van der Waals surface area (Å²) in [4.78, 5) is 34.1. The van der Waals surface area contributed by atoms with Gasteiger partial charge in [0.1, 0.15) is 0 Å². The molecule has 0 radical (unpaired) electrons. The maximum absolute atomic E-state index is 8.52. The second kappa shape index (κ2) is 11.4. The molecule has 0 fully saturated rings. The van der Waals surface area contributed by atoms with Gasteiger partial charge in [-0.3, -0.25) is 0 Å². The Morgan fingerprint density at radius 1 is 0.778 bits per heavy atom. The van der Waals surface area contributed by atoms with Crippen LogP contribution in [0, 0.1) is 39.9 Å². The van der Waals surface area contributed by atoms with E-state index in [1.165, 1.54) is 0 Å². The zero-order valence-electron chi connectivity index (χ0n) is 3.95. The maximum Gasteiger partial charge on any atom is 4.00 e. The molecular formula is O6Si2Th. The van der Waals surface area contributed by atoms with E-state index >= 15 is 0 Å². The molecule has 0 aromatic heterocycles. The van der Waals surface area contributed by atoms with Crippen LogP contribution in [-0.2, 0) is 8.92 Å².